The number of benzene rings is 1. The molecule has 1 N–H and O–H groups in total. The minimum Gasteiger partial charge on any atom is -0.394 e. The highest BCUT2D eigenvalue weighted by molar-refractivity contribution is 6.52. The second-order valence-electron chi connectivity index (χ2n) is 3.91. The predicted octanol–water partition coefficient (Wildman–Crippen LogP) is 0.503. The predicted molar refractivity (Wildman–Crippen MR) is 60.9 cm³/mol. The van der Waals surface area contributed by atoms with Gasteiger partial charge in [0, 0.05) is 12.6 Å². The van der Waals surface area contributed by atoms with Crippen LogP contribution in [-0.4, -0.2) is 43.2 Å². The number of fused-ring (bicyclic) bond motifs is 1. The van der Waals surface area contributed by atoms with Crippen LogP contribution in [-0.2, 0) is 9.53 Å². The molecule has 0 saturated heterocycles. The number of carbonyl (C=O) groups excluding carboxylic acids is 2. The summed E-state index contributed by atoms with van der Waals surface area (Å²) >= 11 is 0. The molecule has 1 aromatic rings. The van der Waals surface area contributed by atoms with E-state index in [2.05, 4.69) is 0 Å². The Morgan fingerprint density at radius 1 is 1.16 bits per heavy atom. The van der Waals surface area contributed by atoms with Gasteiger partial charge in [0.1, 0.15) is 0 Å². The van der Waals surface area contributed by atoms with E-state index in [9.17, 15) is 18.4 Å². The van der Waals surface area contributed by atoms with Crippen LogP contribution in [0.3, 0.4) is 0 Å². The Balaban J connectivity index is 2.21. The fourth-order valence-corrected chi connectivity index (χ4v) is 1.83. The van der Waals surface area contributed by atoms with Crippen LogP contribution in [0.1, 0.15) is 10.4 Å². The highest BCUT2D eigenvalue weighted by Crippen LogP contribution is 2.30. The van der Waals surface area contributed by atoms with Crippen LogP contribution in [0.5, 0.6) is 0 Å². The van der Waals surface area contributed by atoms with E-state index in [1.165, 1.54) is 0 Å². The van der Waals surface area contributed by atoms with Crippen molar-refractivity contribution in [2.75, 3.05) is 31.3 Å². The van der Waals surface area contributed by atoms with Crippen molar-refractivity contribution in [2.45, 2.75) is 0 Å². The molecule has 5 nitrogen and oxygen atoms in total. The molecule has 0 atom stereocenters. The van der Waals surface area contributed by atoms with Crippen molar-refractivity contribution in [1.29, 1.82) is 0 Å². The Bertz CT molecular complexity index is 533. The molecule has 0 bridgehead atoms. The first-order chi connectivity index (χ1) is 9.06. The van der Waals surface area contributed by atoms with Crippen molar-refractivity contribution < 1.29 is 28.2 Å². The number of rotatable bonds is 5. The molecule has 2 rings (SSSR count). The van der Waals surface area contributed by atoms with Crippen LogP contribution >= 0.6 is 0 Å². The monoisotopic (exact) mass is 271 g/mol. The fourth-order valence-electron chi connectivity index (χ4n) is 1.83. The molecule has 1 amide bonds. The lowest BCUT2D eigenvalue weighted by Gasteiger charge is -2.16. The standard InChI is InChI=1S/C12H11F2NO4/c13-8-5-7-10(6-9(8)14)15(12(18)11(7)17)1-3-19-4-2-16/h5-6,16H,1-4H2. The van der Waals surface area contributed by atoms with Crippen molar-refractivity contribution in [2.24, 2.45) is 0 Å². The van der Waals surface area contributed by atoms with Crippen LogP contribution in [0.25, 0.3) is 0 Å². The Morgan fingerprint density at radius 3 is 2.53 bits per heavy atom. The van der Waals surface area contributed by atoms with Gasteiger partial charge in [0.2, 0.25) is 0 Å². The van der Waals surface area contributed by atoms with E-state index in [1.807, 2.05) is 0 Å². The van der Waals surface area contributed by atoms with Gasteiger partial charge in [-0.25, -0.2) is 8.78 Å². The minimum atomic E-state index is -1.17. The molecule has 0 radical (unpaired) electrons. The molecule has 0 aromatic heterocycles. The largest absolute Gasteiger partial charge is 0.394 e. The number of hydrogen-bond acceptors (Lipinski definition) is 4. The second-order valence-corrected chi connectivity index (χ2v) is 3.91. The topological polar surface area (TPSA) is 66.8 Å². The molecule has 0 unspecified atom stereocenters. The molecule has 102 valence electrons. The van der Waals surface area contributed by atoms with Gasteiger partial charge in [-0.15, -0.1) is 0 Å². The lowest BCUT2D eigenvalue weighted by molar-refractivity contribution is -0.114. The van der Waals surface area contributed by atoms with E-state index in [-0.39, 0.29) is 37.6 Å². The average Bonchev–Trinajstić information content (AvgIpc) is 2.60. The summed E-state index contributed by atoms with van der Waals surface area (Å²) in [6.07, 6.45) is 0. The summed E-state index contributed by atoms with van der Waals surface area (Å²) in [7, 11) is 0. The van der Waals surface area contributed by atoms with Gasteiger partial charge in [0.05, 0.1) is 31.1 Å². The van der Waals surface area contributed by atoms with E-state index in [4.69, 9.17) is 9.84 Å². The van der Waals surface area contributed by atoms with Gasteiger partial charge in [0.15, 0.2) is 11.6 Å². The average molecular weight is 271 g/mol. The Morgan fingerprint density at radius 2 is 1.84 bits per heavy atom. The number of amides is 1. The summed E-state index contributed by atoms with van der Waals surface area (Å²) < 4.78 is 31.2. The number of carbonyl (C=O) groups is 2. The van der Waals surface area contributed by atoms with Crippen molar-refractivity contribution in [1.82, 2.24) is 0 Å². The van der Waals surface area contributed by atoms with E-state index < -0.39 is 23.3 Å². The summed E-state index contributed by atoms with van der Waals surface area (Å²) in [6, 6.07) is 1.54. The van der Waals surface area contributed by atoms with Gasteiger partial charge in [-0.1, -0.05) is 0 Å². The lowest BCUT2D eigenvalue weighted by atomic mass is 10.1. The van der Waals surface area contributed by atoms with Crippen molar-refractivity contribution >= 4 is 17.4 Å². The maximum atomic E-state index is 13.2. The fraction of sp³-hybridized carbons (Fsp3) is 0.333. The number of ether oxygens (including phenoxy) is 1. The Labute approximate surface area is 107 Å². The first-order valence-electron chi connectivity index (χ1n) is 5.60. The molecule has 0 aliphatic carbocycles. The summed E-state index contributed by atoms with van der Waals surface area (Å²) in [5.41, 5.74) is -0.104. The Kier molecular flexibility index (Phi) is 3.87. The van der Waals surface area contributed by atoms with Gasteiger partial charge in [-0.05, 0) is 6.07 Å². The number of aliphatic hydroxyl groups is 1. The summed E-state index contributed by atoms with van der Waals surface area (Å²) in [4.78, 5) is 24.3. The lowest BCUT2D eigenvalue weighted by Crippen LogP contribution is -2.33. The van der Waals surface area contributed by atoms with Gasteiger partial charge < -0.3 is 14.7 Å². The van der Waals surface area contributed by atoms with E-state index >= 15 is 0 Å². The third kappa shape index (κ3) is 2.47. The summed E-state index contributed by atoms with van der Waals surface area (Å²) in [5.74, 6) is -4.00. The molecule has 1 aromatic carbocycles. The van der Waals surface area contributed by atoms with Gasteiger partial charge in [-0.3, -0.25) is 9.59 Å². The molecule has 0 saturated carbocycles. The van der Waals surface area contributed by atoms with E-state index in [1.54, 1.807) is 0 Å². The molecule has 1 aliphatic rings. The number of ketones is 1. The van der Waals surface area contributed by atoms with Crippen LogP contribution < -0.4 is 4.90 Å². The smallest absolute Gasteiger partial charge is 0.299 e. The number of Topliss-reactive ketones (excluding diaryl/α,β-unsaturated/α-hetero) is 1. The van der Waals surface area contributed by atoms with Crippen LogP contribution in [0.4, 0.5) is 14.5 Å². The molecule has 1 aliphatic heterocycles. The van der Waals surface area contributed by atoms with Crippen molar-refractivity contribution in [3.63, 3.8) is 0 Å². The molecule has 7 heteroatoms. The van der Waals surface area contributed by atoms with Crippen LogP contribution in [0.15, 0.2) is 12.1 Å². The van der Waals surface area contributed by atoms with Gasteiger partial charge in [-0.2, -0.15) is 0 Å². The molecule has 0 spiro atoms. The maximum absolute atomic E-state index is 13.2. The molecule has 19 heavy (non-hydrogen) atoms. The minimum absolute atomic E-state index is 0.0304. The number of hydrogen-bond donors (Lipinski definition) is 1. The van der Waals surface area contributed by atoms with Gasteiger partial charge in [0.25, 0.3) is 11.7 Å². The second kappa shape index (κ2) is 5.41. The van der Waals surface area contributed by atoms with Crippen molar-refractivity contribution in [3.05, 3.63) is 29.3 Å². The summed E-state index contributed by atoms with van der Waals surface area (Å²) in [5, 5.41) is 8.53. The quantitative estimate of drug-likeness (QED) is 0.625. The summed E-state index contributed by atoms with van der Waals surface area (Å²) in [6.45, 7) is 0.0462. The maximum Gasteiger partial charge on any atom is 0.299 e. The normalized spacial score (nSPS) is 14.2. The third-order valence-electron chi connectivity index (χ3n) is 2.71. The zero-order chi connectivity index (χ0) is 14.0. The van der Waals surface area contributed by atoms with Crippen LogP contribution in [0, 0.1) is 11.6 Å². The highest BCUT2D eigenvalue weighted by Gasteiger charge is 2.36. The van der Waals surface area contributed by atoms with Crippen LogP contribution in [0.2, 0.25) is 0 Å². The number of nitrogens with zero attached hydrogens (tertiary/aromatic N) is 1. The number of aliphatic hydroxyl groups excluding tert-OH is 1. The first-order valence-corrected chi connectivity index (χ1v) is 5.60. The third-order valence-corrected chi connectivity index (χ3v) is 2.71. The molecular weight excluding hydrogens is 260 g/mol. The number of halogens is 2. The molecule has 1 heterocycles. The molecule has 0 fully saturated rings. The number of anilines is 1. The zero-order valence-corrected chi connectivity index (χ0v) is 9.86. The first kappa shape index (κ1) is 13.6. The van der Waals surface area contributed by atoms with Crippen molar-refractivity contribution in [3.8, 4) is 0 Å². The highest BCUT2D eigenvalue weighted by atomic mass is 19.2. The van der Waals surface area contributed by atoms with E-state index in [0.717, 1.165) is 17.0 Å². The SMILES string of the molecule is O=C1C(=O)N(CCOCCO)c2cc(F)c(F)cc21. The van der Waals surface area contributed by atoms with Gasteiger partial charge >= 0.3 is 0 Å². The zero-order valence-electron chi connectivity index (χ0n) is 9.86. The van der Waals surface area contributed by atoms with E-state index in [0.29, 0.717) is 0 Å². The Hall–Kier alpha value is -1.86. The molecular formula is C12H11F2NO4.